The topological polar surface area (TPSA) is 61.6 Å². The summed E-state index contributed by atoms with van der Waals surface area (Å²) in [6, 6.07) is 0. The molecular weight excluding hydrogens is 229 g/mol. The van der Waals surface area contributed by atoms with E-state index < -0.39 is 11.6 Å². The molecule has 0 spiro atoms. The van der Waals surface area contributed by atoms with E-state index in [2.05, 4.69) is 0 Å². The van der Waals surface area contributed by atoms with Crippen molar-refractivity contribution in [1.29, 1.82) is 0 Å². The van der Waals surface area contributed by atoms with Crippen LogP contribution in [0.5, 0.6) is 0 Å². The second-order valence-corrected chi connectivity index (χ2v) is 8.33. The molecule has 4 nitrogen and oxygen atoms in total. The fraction of sp³-hybridized carbons (Fsp3) is 0.833. The summed E-state index contributed by atoms with van der Waals surface area (Å²) in [7, 11) is 0. The highest BCUT2D eigenvalue weighted by atomic mass is 32.9. The Morgan fingerprint density at radius 1 is 1.46 bits per heavy atom. The maximum Gasteiger partial charge on any atom is 0.247 e. The molecule has 0 aromatic carbocycles. The molecule has 13 heavy (non-hydrogen) atoms. The summed E-state index contributed by atoms with van der Waals surface area (Å²) in [4.78, 5) is 10.5. The molecule has 1 amide bonds. The molecule has 0 aromatic heterocycles. The third-order valence-corrected chi connectivity index (χ3v) is 6.37. The summed E-state index contributed by atoms with van der Waals surface area (Å²) in [6.07, 6.45) is 0. The zero-order chi connectivity index (χ0) is 10.3. The lowest BCUT2D eigenvalue weighted by Gasteiger charge is -2.18. The van der Waals surface area contributed by atoms with Crippen LogP contribution in [0.2, 0.25) is 0 Å². The van der Waals surface area contributed by atoms with Crippen LogP contribution in [0.25, 0.3) is 0 Å². The Balaban J connectivity index is 4.07. The van der Waals surface area contributed by atoms with E-state index in [0.717, 1.165) is 0 Å². The highest BCUT2D eigenvalue weighted by Gasteiger charge is 2.19. The van der Waals surface area contributed by atoms with Crippen LogP contribution < -0.4 is 5.73 Å². The maximum atomic E-state index is 10.5. The van der Waals surface area contributed by atoms with Crippen LogP contribution in [0, 0.1) is 0 Å². The largest absolute Gasteiger partial charge is 0.369 e. The number of rotatable bonds is 7. The molecule has 0 radical (unpaired) electrons. The standard InChI is InChI=1S/C6H14NO3PS2/c1-3-9-11(12,10-4-2)13-5-6(7)8/h3-5H2,1-2H3,(H2,7,8). The molecule has 0 saturated carbocycles. The SMILES string of the molecule is CCOP(=S)(OCC)SCC(N)=O. The van der Waals surface area contributed by atoms with Crippen LogP contribution in [0.1, 0.15) is 13.8 Å². The number of primary amides is 1. The lowest BCUT2D eigenvalue weighted by atomic mass is 10.8. The minimum absolute atomic E-state index is 0.150. The molecule has 0 fully saturated rings. The van der Waals surface area contributed by atoms with Gasteiger partial charge in [0.15, 0.2) is 0 Å². The van der Waals surface area contributed by atoms with Crippen molar-refractivity contribution in [3.63, 3.8) is 0 Å². The Hall–Kier alpha value is 0.390. The third kappa shape index (κ3) is 6.46. The average molecular weight is 243 g/mol. The molecule has 0 atom stereocenters. The molecule has 0 aliphatic rings. The average Bonchev–Trinajstić information content (AvgIpc) is 2.02. The molecule has 2 N–H and O–H groups in total. The molecule has 0 heterocycles. The Morgan fingerprint density at radius 3 is 2.23 bits per heavy atom. The molecule has 0 rings (SSSR count). The van der Waals surface area contributed by atoms with Crippen molar-refractivity contribution in [3.05, 3.63) is 0 Å². The predicted molar refractivity (Wildman–Crippen MR) is 59.2 cm³/mol. The summed E-state index contributed by atoms with van der Waals surface area (Å²) in [6.45, 7) is 4.65. The third-order valence-electron chi connectivity index (χ3n) is 0.939. The molecule has 78 valence electrons. The number of hydrogen-bond acceptors (Lipinski definition) is 5. The molecular formula is C6H14NO3PS2. The lowest BCUT2D eigenvalue weighted by molar-refractivity contribution is -0.115. The van der Waals surface area contributed by atoms with E-state index in [-0.39, 0.29) is 5.75 Å². The molecule has 0 aromatic rings. The first-order valence-electron chi connectivity index (χ1n) is 3.86. The van der Waals surface area contributed by atoms with Crippen molar-refractivity contribution in [2.75, 3.05) is 19.0 Å². The smallest absolute Gasteiger partial charge is 0.247 e. The van der Waals surface area contributed by atoms with Gasteiger partial charge >= 0.3 is 0 Å². The Morgan fingerprint density at radius 2 is 1.92 bits per heavy atom. The summed E-state index contributed by atoms with van der Waals surface area (Å²) in [5.41, 5.74) is 2.67. The first-order chi connectivity index (χ1) is 6.04. The normalized spacial score (nSPS) is 11.5. The van der Waals surface area contributed by atoms with Gasteiger partial charge in [0.2, 0.25) is 11.6 Å². The Bertz CT molecular complexity index is 202. The molecule has 0 aliphatic carbocycles. The minimum Gasteiger partial charge on any atom is -0.369 e. The first kappa shape index (κ1) is 13.4. The number of carbonyl (C=O) groups is 1. The van der Waals surface area contributed by atoms with E-state index >= 15 is 0 Å². The lowest BCUT2D eigenvalue weighted by Crippen LogP contribution is -2.13. The number of carbonyl (C=O) groups excluding carboxylic acids is 1. The van der Waals surface area contributed by atoms with Crippen molar-refractivity contribution in [1.82, 2.24) is 0 Å². The van der Waals surface area contributed by atoms with Gasteiger partial charge in [0.25, 0.3) is 0 Å². The maximum absolute atomic E-state index is 10.5. The second-order valence-electron chi connectivity index (χ2n) is 2.02. The fourth-order valence-corrected chi connectivity index (χ4v) is 4.75. The van der Waals surface area contributed by atoms with Crippen molar-refractivity contribution in [3.8, 4) is 0 Å². The van der Waals surface area contributed by atoms with Gasteiger partial charge in [0, 0.05) is 0 Å². The predicted octanol–water partition coefficient (Wildman–Crippen LogP) is 1.50. The van der Waals surface area contributed by atoms with Gasteiger partial charge in [-0.25, -0.2) is 0 Å². The van der Waals surface area contributed by atoms with E-state index in [9.17, 15) is 4.79 Å². The Kier molecular flexibility index (Phi) is 6.99. The molecule has 0 bridgehead atoms. The highest BCUT2D eigenvalue weighted by molar-refractivity contribution is 8.68. The van der Waals surface area contributed by atoms with Gasteiger partial charge in [-0.3, -0.25) is 4.79 Å². The van der Waals surface area contributed by atoms with E-state index in [4.69, 9.17) is 26.6 Å². The van der Waals surface area contributed by atoms with Crippen LogP contribution in [0.15, 0.2) is 0 Å². The van der Waals surface area contributed by atoms with Crippen LogP contribution in [-0.2, 0) is 25.6 Å². The van der Waals surface area contributed by atoms with Gasteiger partial charge in [0.05, 0.1) is 19.0 Å². The van der Waals surface area contributed by atoms with Crippen LogP contribution in [-0.4, -0.2) is 24.9 Å². The van der Waals surface area contributed by atoms with Gasteiger partial charge in [-0.15, -0.1) is 0 Å². The number of hydrogen-bond donors (Lipinski definition) is 1. The van der Waals surface area contributed by atoms with E-state index in [1.54, 1.807) is 0 Å². The summed E-state index contributed by atoms with van der Waals surface area (Å²) in [5, 5.41) is 0. The monoisotopic (exact) mass is 243 g/mol. The van der Waals surface area contributed by atoms with Crippen LogP contribution >= 0.6 is 17.1 Å². The number of nitrogens with two attached hydrogens (primary N) is 1. The van der Waals surface area contributed by atoms with E-state index in [0.29, 0.717) is 13.2 Å². The van der Waals surface area contributed by atoms with Crippen molar-refractivity contribution >= 4 is 34.8 Å². The Labute approximate surface area is 87.5 Å². The molecule has 7 heteroatoms. The van der Waals surface area contributed by atoms with Crippen LogP contribution in [0.3, 0.4) is 0 Å². The number of amides is 1. The zero-order valence-corrected chi connectivity index (χ0v) is 10.2. The summed E-state index contributed by atoms with van der Waals surface area (Å²) in [5.74, 6) is -0.254. The van der Waals surface area contributed by atoms with Gasteiger partial charge in [0.1, 0.15) is 0 Å². The second kappa shape index (κ2) is 6.79. The molecule has 0 unspecified atom stereocenters. The van der Waals surface area contributed by atoms with Gasteiger partial charge in [-0.05, 0) is 25.7 Å². The quantitative estimate of drug-likeness (QED) is 0.687. The van der Waals surface area contributed by atoms with Crippen LogP contribution in [0.4, 0.5) is 0 Å². The zero-order valence-electron chi connectivity index (χ0n) is 7.69. The minimum atomic E-state index is -2.32. The fourth-order valence-electron chi connectivity index (χ4n) is 0.571. The van der Waals surface area contributed by atoms with Crippen molar-refractivity contribution in [2.24, 2.45) is 5.73 Å². The van der Waals surface area contributed by atoms with Gasteiger partial charge in [-0.1, -0.05) is 11.4 Å². The highest BCUT2D eigenvalue weighted by Crippen LogP contribution is 2.60. The van der Waals surface area contributed by atoms with Gasteiger partial charge < -0.3 is 14.8 Å². The van der Waals surface area contributed by atoms with Crippen molar-refractivity contribution in [2.45, 2.75) is 13.8 Å². The first-order valence-corrected chi connectivity index (χ1v) is 8.09. The molecule has 0 aliphatic heterocycles. The van der Waals surface area contributed by atoms with E-state index in [1.807, 2.05) is 13.8 Å². The van der Waals surface area contributed by atoms with Gasteiger partial charge in [-0.2, -0.15) is 0 Å². The molecule has 0 saturated heterocycles. The summed E-state index contributed by atoms with van der Waals surface area (Å²) >= 11 is 6.33. The van der Waals surface area contributed by atoms with E-state index in [1.165, 1.54) is 11.4 Å². The summed E-state index contributed by atoms with van der Waals surface area (Å²) < 4.78 is 10.6. The van der Waals surface area contributed by atoms with Crippen molar-refractivity contribution < 1.29 is 13.8 Å².